The predicted octanol–water partition coefficient (Wildman–Crippen LogP) is 1.61. The summed E-state index contributed by atoms with van der Waals surface area (Å²) < 4.78 is 5.52. The van der Waals surface area contributed by atoms with Gasteiger partial charge in [-0.25, -0.2) is 0 Å². The van der Waals surface area contributed by atoms with Crippen LogP contribution in [0.25, 0.3) is 0 Å². The van der Waals surface area contributed by atoms with Gasteiger partial charge in [-0.1, -0.05) is 6.42 Å². The topological polar surface area (TPSA) is 38.5 Å². The highest BCUT2D eigenvalue weighted by molar-refractivity contribution is 4.89. The number of piperidine rings is 1. The molecule has 3 nitrogen and oxygen atoms in total. The van der Waals surface area contributed by atoms with Gasteiger partial charge < -0.3 is 10.5 Å². The van der Waals surface area contributed by atoms with Crippen LogP contribution in [0.4, 0.5) is 0 Å². The number of rotatable bonds is 3. The lowest BCUT2D eigenvalue weighted by Crippen LogP contribution is -2.55. The van der Waals surface area contributed by atoms with Gasteiger partial charge in [0.15, 0.2) is 0 Å². The average molecular weight is 226 g/mol. The van der Waals surface area contributed by atoms with Crippen LogP contribution in [0.5, 0.6) is 0 Å². The summed E-state index contributed by atoms with van der Waals surface area (Å²) in [6.45, 7) is 7.42. The van der Waals surface area contributed by atoms with E-state index in [-0.39, 0.29) is 0 Å². The Labute approximate surface area is 99.3 Å². The molecule has 0 radical (unpaired) electrons. The standard InChI is InChI=1S/C13H26N2O/c1-10-4-3-5-13(8-14)15(10)11(2)12-6-7-16-9-12/h10-13H,3-9,14H2,1-2H3. The highest BCUT2D eigenvalue weighted by atomic mass is 16.5. The summed E-state index contributed by atoms with van der Waals surface area (Å²) in [5, 5.41) is 0. The molecule has 3 heteroatoms. The number of hydrogen-bond acceptors (Lipinski definition) is 3. The van der Waals surface area contributed by atoms with Crippen molar-refractivity contribution in [2.45, 2.75) is 57.7 Å². The summed E-state index contributed by atoms with van der Waals surface area (Å²) in [6.07, 6.45) is 5.17. The van der Waals surface area contributed by atoms with Gasteiger partial charge >= 0.3 is 0 Å². The number of nitrogens with two attached hydrogens (primary N) is 1. The third-order valence-corrected chi connectivity index (χ3v) is 4.48. The van der Waals surface area contributed by atoms with Gasteiger partial charge in [0.05, 0.1) is 6.61 Å². The Morgan fingerprint density at radius 2 is 2.19 bits per heavy atom. The van der Waals surface area contributed by atoms with Crippen molar-refractivity contribution >= 4 is 0 Å². The van der Waals surface area contributed by atoms with Crippen LogP contribution in [0.1, 0.15) is 39.5 Å². The third kappa shape index (κ3) is 2.41. The van der Waals surface area contributed by atoms with E-state index in [4.69, 9.17) is 10.5 Å². The van der Waals surface area contributed by atoms with Gasteiger partial charge in [-0.2, -0.15) is 0 Å². The maximum absolute atomic E-state index is 5.92. The fourth-order valence-corrected chi connectivity index (χ4v) is 3.46. The predicted molar refractivity (Wildman–Crippen MR) is 66.4 cm³/mol. The molecule has 2 aliphatic rings. The Balaban J connectivity index is 2.02. The van der Waals surface area contributed by atoms with Gasteiger partial charge in [-0.3, -0.25) is 4.90 Å². The molecule has 2 aliphatic heterocycles. The van der Waals surface area contributed by atoms with Crippen molar-refractivity contribution in [1.29, 1.82) is 0 Å². The molecule has 0 saturated carbocycles. The van der Waals surface area contributed by atoms with Gasteiger partial charge in [0.2, 0.25) is 0 Å². The van der Waals surface area contributed by atoms with Crippen LogP contribution >= 0.6 is 0 Å². The normalized spacial score (nSPS) is 38.8. The number of likely N-dealkylation sites (tertiary alicyclic amines) is 1. The van der Waals surface area contributed by atoms with Crippen LogP contribution in [0.3, 0.4) is 0 Å². The minimum atomic E-state index is 0.597. The minimum Gasteiger partial charge on any atom is -0.381 e. The molecule has 0 spiro atoms. The molecule has 2 rings (SSSR count). The third-order valence-electron chi connectivity index (χ3n) is 4.48. The van der Waals surface area contributed by atoms with E-state index in [2.05, 4.69) is 18.7 Å². The van der Waals surface area contributed by atoms with Crippen LogP contribution in [0.15, 0.2) is 0 Å². The molecule has 4 unspecified atom stereocenters. The lowest BCUT2D eigenvalue weighted by atomic mass is 9.90. The molecular formula is C13H26N2O. The van der Waals surface area contributed by atoms with E-state index >= 15 is 0 Å². The van der Waals surface area contributed by atoms with Crippen LogP contribution in [0, 0.1) is 5.92 Å². The summed E-state index contributed by atoms with van der Waals surface area (Å²) in [5.41, 5.74) is 5.92. The number of nitrogens with zero attached hydrogens (tertiary/aromatic N) is 1. The SMILES string of the molecule is CC1CCCC(CN)N1C(C)C1CCOC1. The smallest absolute Gasteiger partial charge is 0.0509 e. The van der Waals surface area contributed by atoms with Gasteiger partial charge in [-0.05, 0) is 39.0 Å². The summed E-state index contributed by atoms with van der Waals surface area (Å²) in [7, 11) is 0. The van der Waals surface area contributed by atoms with E-state index in [9.17, 15) is 0 Å². The Hall–Kier alpha value is -0.120. The molecule has 16 heavy (non-hydrogen) atoms. The maximum Gasteiger partial charge on any atom is 0.0509 e. The Bertz CT molecular complexity index is 216. The van der Waals surface area contributed by atoms with Crippen LogP contribution < -0.4 is 5.73 Å². The second kappa shape index (κ2) is 5.48. The lowest BCUT2D eigenvalue weighted by molar-refractivity contribution is 0.0276. The van der Waals surface area contributed by atoms with Crippen LogP contribution in [-0.2, 0) is 4.74 Å². The Morgan fingerprint density at radius 3 is 2.81 bits per heavy atom. The van der Waals surface area contributed by atoms with Crippen molar-refractivity contribution in [3.05, 3.63) is 0 Å². The lowest BCUT2D eigenvalue weighted by Gasteiger charge is -2.45. The zero-order valence-corrected chi connectivity index (χ0v) is 10.7. The van der Waals surface area contributed by atoms with Crippen molar-refractivity contribution in [2.24, 2.45) is 11.7 Å². The van der Waals surface area contributed by atoms with Crippen molar-refractivity contribution in [3.63, 3.8) is 0 Å². The van der Waals surface area contributed by atoms with Crippen molar-refractivity contribution < 1.29 is 4.74 Å². The molecule has 2 heterocycles. The molecule has 2 fully saturated rings. The highest BCUT2D eigenvalue weighted by Crippen LogP contribution is 2.30. The zero-order valence-electron chi connectivity index (χ0n) is 10.7. The first kappa shape index (κ1) is 12.3. The van der Waals surface area contributed by atoms with Crippen molar-refractivity contribution in [3.8, 4) is 0 Å². The van der Waals surface area contributed by atoms with Crippen molar-refractivity contribution in [2.75, 3.05) is 19.8 Å². The average Bonchev–Trinajstić information content (AvgIpc) is 2.81. The summed E-state index contributed by atoms with van der Waals surface area (Å²) in [4.78, 5) is 2.67. The molecule has 0 aromatic carbocycles. The Morgan fingerprint density at radius 1 is 1.38 bits per heavy atom. The summed E-state index contributed by atoms with van der Waals surface area (Å²) in [6, 6.07) is 1.92. The molecule has 2 N–H and O–H groups in total. The van der Waals surface area contributed by atoms with Crippen molar-refractivity contribution in [1.82, 2.24) is 4.90 Å². The second-order valence-electron chi connectivity index (χ2n) is 5.48. The first-order valence-corrected chi connectivity index (χ1v) is 6.79. The fraction of sp³-hybridized carbons (Fsp3) is 1.00. The van der Waals surface area contributed by atoms with E-state index in [1.807, 2.05) is 0 Å². The van der Waals surface area contributed by atoms with E-state index in [0.29, 0.717) is 18.1 Å². The zero-order chi connectivity index (χ0) is 11.5. The van der Waals surface area contributed by atoms with Gasteiger partial charge in [0.1, 0.15) is 0 Å². The Kier molecular flexibility index (Phi) is 4.22. The van der Waals surface area contributed by atoms with Crippen LogP contribution in [0.2, 0.25) is 0 Å². The van der Waals surface area contributed by atoms with E-state index in [1.54, 1.807) is 0 Å². The monoisotopic (exact) mass is 226 g/mol. The first-order chi connectivity index (χ1) is 7.74. The highest BCUT2D eigenvalue weighted by Gasteiger charge is 2.35. The minimum absolute atomic E-state index is 0.597. The maximum atomic E-state index is 5.92. The summed E-state index contributed by atoms with van der Waals surface area (Å²) >= 11 is 0. The van der Waals surface area contributed by atoms with Gasteiger partial charge in [-0.15, -0.1) is 0 Å². The molecule has 0 bridgehead atoms. The molecule has 94 valence electrons. The molecule has 2 saturated heterocycles. The fourth-order valence-electron chi connectivity index (χ4n) is 3.46. The number of hydrogen-bond donors (Lipinski definition) is 1. The van der Waals surface area contributed by atoms with E-state index in [1.165, 1.54) is 25.7 Å². The van der Waals surface area contributed by atoms with E-state index in [0.717, 1.165) is 25.7 Å². The van der Waals surface area contributed by atoms with Crippen LogP contribution in [-0.4, -0.2) is 42.8 Å². The first-order valence-electron chi connectivity index (χ1n) is 6.79. The number of ether oxygens (including phenoxy) is 1. The second-order valence-corrected chi connectivity index (χ2v) is 5.48. The van der Waals surface area contributed by atoms with Gasteiger partial charge in [0.25, 0.3) is 0 Å². The van der Waals surface area contributed by atoms with E-state index < -0.39 is 0 Å². The molecule has 0 aliphatic carbocycles. The molecule has 0 amide bonds. The molecule has 0 aromatic heterocycles. The van der Waals surface area contributed by atoms with Gasteiger partial charge in [0, 0.05) is 31.3 Å². The molecular weight excluding hydrogens is 200 g/mol. The quantitative estimate of drug-likeness (QED) is 0.794. The largest absolute Gasteiger partial charge is 0.381 e. The molecule has 0 aromatic rings. The summed E-state index contributed by atoms with van der Waals surface area (Å²) in [5.74, 6) is 0.717. The molecule has 4 atom stereocenters.